The van der Waals surface area contributed by atoms with Crippen LogP contribution in [0.15, 0.2) is 0 Å². The molecule has 2 atom stereocenters. The molecule has 0 aromatic rings. The van der Waals surface area contributed by atoms with Gasteiger partial charge in [0.1, 0.15) is 5.54 Å². The van der Waals surface area contributed by atoms with E-state index in [0.29, 0.717) is 24.5 Å². The molecule has 3 fully saturated rings. The van der Waals surface area contributed by atoms with Crippen LogP contribution in [0.4, 0.5) is 0 Å². The van der Waals surface area contributed by atoms with Crippen LogP contribution in [0.3, 0.4) is 0 Å². The molecular weight excluding hydrogens is 252 g/mol. The summed E-state index contributed by atoms with van der Waals surface area (Å²) in [5.74, 6) is -0.271. The number of nitrogens with zero attached hydrogens (tertiary/aromatic N) is 1. The minimum Gasteiger partial charge on any atom is -0.480 e. The summed E-state index contributed by atoms with van der Waals surface area (Å²) in [6.45, 7) is 4.02. The van der Waals surface area contributed by atoms with Crippen molar-refractivity contribution in [1.29, 1.82) is 0 Å². The van der Waals surface area contributed by atoms with Gasteiger partial charge in [-0.1, -0.05) is 13.3 Å². The maximum Gasteiger partial charge on any atom is 0.325 e. The fourth-order valence-corrected chi connectivity index (χ4v) is 3.82. The lowest BCUT2D eigenvalue weighted by atomic mass is 9.89. The molecule has 2 unspecified atom stereocenters. The van der Waals surface area contributed by atoms with Crippen LogP contribution < -0.4 is 5.32 Å². The quantitative estimate of drug-likeness (QED) is 0.751. The highest BCUT2D eigenvalue weighted by Gasteiger charge is 2.54. The molecule has 3 rings (SSSR count). The van der Waals surface area contributed by atoms with Crippen molar-refractivity contribution in [2.75, 3.05) is 13.1 Å². The van der Waals surface area contributed by atoms with Crippen LogP contribution in [0.1, 0.15) is 58.3 Å². The lowest BCUT2D eigenvalue weighted by Crippen LogP contribution is -2.63. The van der Waals surface area contributed by atoms with Crippen LogP contribution in [0.25, 0.3) is 0 Å². The third-order valence-electron chi connectivity index (χ3n) is 5.37. The minimum atomic E-state index is -0.675. The molecule has 1 aliphatic heterocycles. The van der Waals surface area contributed by atoms with E-state index >= 15 is 0 Å². The Kier molecular flexibility index (Phi) is 4.04. The van der Waals surface area contributed by atoms with Crippen molar-refractivity contribution in [3.8, 4) is 0 Å². The first-order chi connectivity index (χ1) is 9.65. The largest absolute Gasteiger partial charge is 0.480 e. The molecule has 114 valence electrons. The van der Waals surface area contributed by atoms with Gasteiger partial charge in [0.2, 0.25) is 0 Å². The molecule has 4 heteroatoms. The van der Waals surface area contributed by atoms with Crippen LogP contribution in [0.5, 0.6) is 0 Å². The molecule has 0 spiro atoms. The molecular formula is C16H28N2O2. The van der Waals surface area contributed by atoms with E-state index in [0.717, 1.165) is 38.6 Å². The molecule has 20 heavy (non-hydrogen) atoms. The Morgan fingerprint density at radius 1 is 1.25 bits per heavy atom. The second-order valence-electron chi connectivity index (χ2n) is 7.00. The topological polar surface area (TPSA) is 52.6 Å². The highest BCUT2D eigenvalue weighted by Crippen LogP contribution is 2.43. The minimum absolute atomic E-state index is 0.347. The van der Waals surface area contributed by atoms with Gasteiger partial charge in [-0.25, -0.2) is 0 Å². The molecule has 1 heterocycles. The zero-order valence-electron chi connectivity index (χ0n) is 12.6. The number of hydrogen-bond donors (Lipinski definition) is 2. The van der Waals surface area contributed by atoms with Crippen LogP contribution >= 0.6 is 0 Å². The van der Waals surface area contributed by atoms with Crippen molar-refractivity contribution < 1.29 is 9.90 Å². The van der Waals surface area contributed by atoms with Gasteiger partial charge in [0.15, 0.2) is 0 Å². The summed E-state index contributed by atoms with van der Waals surface area (Å²) < 4.78 is 0. The first kappa shape index (κ1) is 14.3. The molecule has 3 aliphatic rings. The molecule has 0 aromatic heterocycles. The second kappa shape index (κ2) is 5.64. The lowest BCUT2D eigenvalue weighted by Gasteiger charge is -2.42. The van der Waals surface area contributed by atoms with Gasteiger partial charge >= 0.3 is 5.97 Å². The number of piperidine rings is 1. The predicted octanol–water partition coefficient (Wildman–Crippen LogP) is 2.24. The number of aliphatic carboxylic acids is 1. The van der Waals surface area contributed by atoms with Crippen molar-refractivity contribution >= 4 is 5.97 Å². The van der Waals surface area contributed by atoms with E-state index in [1.807, 2.05) is 0 Å². The molecule has 4 nitrogen and oxygen atoms in total. The van der Waals surface area contributed by atoms with Crippen molar-refractivity contribution in [3.05, 3.63) is 0 Å². The molecule has 0 amide bonds. The molecule has 0 bridgehead atoms. The fraction of sp³-hybridized carbons (Fsp3) is 0.938. The zero-order valence-corrected chi connectivity index (χ0v) is 12.6. The fourth-order valence-electron chi connectivity index (χ4n) is 3.82. The number of carboxylic acids is 1. The first-order valence-electron chi connectivity index (χ1n) is 8.41. The van der Waals surface area contributed by atoms with Crippen LogP contribution in [-0.4, -0.2) is 46.7 Å². The molecule has 2 aliphatic carbocycles. The number of likely N-dealkylation sites (tertiary alicyclic amines) is 1. The highest BCUT2D eigenvalue weighted by molar-refractivity contribution is 5.80. The number of carbonyl (C=O) groups is 1. The van der Waals surface area contributed by atoms with Gasteiger partial charge in [0, 0.05) is 18.6 Å². The molecule has 0 radical (unpaired) electrons. The number of rotatable bonds is 7. The number of hydrogen-bond acceptors (Lipinski definition) is 3. The molecule has 0 aromatic carbocycles. The summed E-state index contributed by atoms with van der Waals surface area (Å²) in [5, 5.41) is 13.4. The molecule has 2 saturated carbocycles. The van der Waals surface area contributed by atoms with Crippen molar-refractivity contribution in [2.24, 2.45) is 5.92 Å². The summed E-state index contributed by atoms with van der Waals surface area (Å²) in [6.07, 6.45) is 9.37. The molecule has 1 saturated heterocycles. The van der Waals surface area contributed by atoms with Gasteiger partial charge in [-0.15, -0.1) is 0 Å². The predicted molar refractivity (Wildman–Crippen MR) is 78.8 cm³/mol. The Morgan fingerprint density at radius 3 is 2.55 bits per heavy atom. The number of nitrogens with one attached hydrogen (secondary N) is 1. The summed E-state index contributed by atoms with van der Waals surface area (Å²) >= 11 is 0. The lowest BCUT2D eigenvalue weighted by molar-refractivity contribution is -0.147. The molecule has 2 N–H and O–H groups in total. The SMILES string of the molecule is CCC1CCCCN1CC(NC1CC1)(C(=O)O)C1CC1. The summed E-state index contributed by atoms with van der Waals surface area (Å²) in [5.41, 5.74) is -0.675. The van der Waals surface area contributed by atoms with Crippen molar-refractivity contribution in [1.82, 2.24) is 10.2 Å². The van der Waals surface area contributed by atoms with E-state index in [9.17, 15) is 9.90 Å². The smallest absolute Gasteiger partial charge is 0.325 e. The van der Waals surface area contributed by atoms with E-state index in [4.69, 9.17) is 0 Å². The highest BCUT2D eigenvalue weighted by atomic mass is 16.4. The Bertz CT molecular complexity index is 365. The first-order valence-corrected chi connectivity index (χ1v) is 8.41. The van der Waals surface area contributed by atoms with Gasteiger partial charge in [0.25, 0.3) is 0 Å². The third-order valence-corrected chi connectivity index (χ3v) is 5.37. The van der Waals surface area contributed by atoms with E-state index in [2.05, 4.69) is 17.1 Å². The van der Waals surface area contributed by atoms with Gasteiger partial charge in [-0.2, -0.15) is 0 Å². The number of carboxylic acid groups (broad SMARTS) is 1. The van der Waals surface area contributed by atoms with Gasteiger partial charge < -0.3 is 5.11 Å². The maximum absolute atomic E-state index is 12.0. The van der Waals surface area contributed by atoms with E-state index in [1.165, 1.54) is 19.3 Å². The van der Waals surface area contributed by atoms with Crippen LogP contribution in [-0.2, 0) is 4.79 Å². The standard InChI is InChI=1S/C16H28N2O2/c1-2-14-5-3-4-10-18(14)11-16(15(19)20,12-6-7-12)17-13-8-9-13/h12-14,17H,2-11H2,1H3,(H,19,20). The van der Waals surface area contributed by atoms with Gasteiger partial charge in [-0.05, 0) is 57.4 Å². The van der Waals surface area contributed by atoms with Crippen LogP contribution in [0.2, 0.25) is 0 Å². The van der Waals surface area contributed by atoms with Crippen molar-refractivity contribution in [3.63, 3.8) is 0 Å². The Morgan fingerprint density at radius 2 is 2.00 bits per heavy atom. The second-order valence-corrected chi connectivity index (χ2v) is 7.00. The third kappa shape index (κ3) is 2.86. The monoisotopic (exact) mass is 280 g/mol. The van der Waals surface area contributed by atoms with E-state index in [1.54, 1.807) is 0 Å². The maximum atomic E-state index is 12.0. The van der Waals surface area contributed by atoms with Gasteiger partial charge in [0.05, 0.1) is 0 Å². The Labute approximate surface area is 121 Å². The summed E-state index contributed by atoms with van der Waals surface area (Å²) in [7, 11) is 0. The average molecular weight is 280 g/mol. The Balaban J connectivity index is 1.75. The van der Waals surface area contributed by atoms with Gasteiger partial charge in [-0.3, -0.25) is 15.0 Å². The van der Waals surface area contributed by atoms with Crippen molar-refractivity contribution in [2.45, 2.75) is 75.9 Å². The summed E-state index contributed by atoms with van der Waals surface area (Å²) in [4.78, 5) is 14.5. The van der Waals surface area contributed by atoms with E-state index in [-0.39, 0.29) is 0 Å². The summed E-state index contributed by atoms with van der Waals surface area (Å²) in [6, 6.07) is 1.04. The Hall–Kier alpha value is -0.610. The van der Waals surface area contributed by atoms with Crippen LogP contribution in [0, 0.1) is 5.92 Å². The normalized spacial score (nSPS) is 30.9. The van der Waals surface area contributed by atoms with E-state index < -0.39 is 11.5 Å². The average Bonchev–Trinajstić information content (AvgIpc) is 3.30. The zero-order chi connectivity index (χ0) is 14.2.